The van der Waals surface area contributed by atoms with Crippen LogP contribution in [0.25, 0.3) is 5.82 Å². The third-order valence-electron chi connectivity index (χ3n) is 3.84. The Labute approximate surface area is 113 Å². The SMILES string of the molecule is Cc1ccnc(-n2ncc3c2CC(C)(C)CC3N)c1. The molecule has 3 rings (SSSR count). The topological polar surface area (TPSA) is 56.7 Å². The molecule has 0 bridgehead atoms. The molecule has 0 radical (unpaired) electrons. The second-order valence-electron chi connectivity index (χ2n) is 6.30. The van der Waals surface area contributed by atoms with Crippen molar-refractivity contribution in [3.63, 3.8) is 0 Å². The molecule has 0 saturated heterocycles. The highest BCUT2D eigenvalue weighted by molar-refractivity contribution is 5.35. The van der Waals surface area contributed by atoms with E-state index < -0.39 is 0 Å². The Kier molecular flexibility index (Phi) is 2.71. The molecule has 1 aliphatic rings. The summed E-state index contributed by atoms with van der Waals surface area (Å²) in [5, 5.41) is 4.50. The molecule has 4 nitrogen and oxygen atoms in total. The van der Waals surface area contributed by atoms with E-state index in [9.17, 15) is 0 Å². The molecule has 0 aliphatic heterocycles. The normalized spacial score (nSPS) is 21.2. The Balaban J connectivity index is 2.11. The number of fused-ring (bicyclic) bond motifs is 1. The number of pyridine rings is 1. The Morgan fingerprint density at radius 3 is 2.95 bits per heavy atom. The molecule has 0 fully saturated rings. The van der Waals surface area contributed by atoms with Gasteiger partial charge in [0.05, 0.1) is 11.9 Å². The van der Waals surface area contributed by atoms with Crippen LogP contribution in [0.5, 0.6) is 0 Å². The summed E-state index contributed by atoms with van der Waals surface area (Å²) >= 11 is 0. The van der Waals surface area contributed by atoms with Crippen LogP contribution < -0.4 is 5.73 Å². The van der Waals surface area contributed by atoms with Crippen molar-refractivity contribution in [2.24, 2.45) is 11.1 Å². The molecule has 19 heavy (non-hydrogen) atoms. The van der Waals surface area contributed by atoms with Crippen molar-refractivity contribution in [2.75, 3.05) is 0 Å². The maximum atomic E-state index is 6.27. The van der Waals surface area contributed by atoms with Gasteiger partial charge in [0, 0.05) is 17.8 Å². The second-order valence-corrected chi connectivity index (χ2v) is 6.30. The first-order chi connectivity index (χ1) is 8.96. The zero-order valence-corrected chi connectivity index (χ0v) is 11.7. The first-order valence-electron chi connectivity index (χ1n) is 6.72. The third kappa shape index (κ3) is 2.16. The fraction of sp³-hybridized carbons (Fsp3) is 0.467. The van der Waals surface area contributed by atoms with Crippen LogP contribution in [0.15, 0.2) is 24.5 Å². The van der Waals surface area contributed by atoms with Crippen LogP contribution in [-0.2, 0) is 6.42 Å². The minimum absolute atomic E-state index is 0.0808. The maximum Gasteiger partial charge on any atom is 0.153 e. The average Bonchev–Trinajstić information content (AvgIpc) is 2.71. The van der Waals surface area contributed by atoms with Crippen LogP contribution in [0.1, 0.15) is 43.1 Å². The zero-order chi connectivity index (χ0) is 13.6. The Morgan fingerprint density at radius 2 is 2.21 bits per heavy atom. The highest BCUT2D eigenvalue weighted by Gasteiger charge is 2.33. The molecular weight excluding hydrogens is 236 g/mol. The minimum atomic E-state index is 0.0808. The van der Waals surface area contributed by atoms with E-state index in [-0.39, 0.29) is 11.5 Å². The molecule has 2 heterocycles. The lowest BCUT2D eigenvalue weighted by atomic mass is 9.75. The summed E-state index contributed by atoms with van der Waals surface area (Å²) in [6.45, 7) is 6.59. The number of nitrogens with zero attached hydrogens (tertiary/aromatic N) is 3. The first kappa shape index (κ1) is 12.4. The number of hydrogen-bond donors (Lipinski definition) is 1. The quantitative estimate of drug-likeness (QED) is 0.853. The Morgan fingerprint density at radius 1 is 1.42 bits per heavy atom. The number of aromatic nitrogens is 3. The highest BCUT2D eigenvalue weighted by Crippen LogP contribution is 2.39. The molecule has 1 unspecified atom stereocenters. The lowest BCUT2D eigenvalue weighted by molar-refractivity contribution is 0.277. The summed E-state index contributed by atoms with van der Waals surface area (Å²) in [5.74, 6) is 0.881. The number of aryl methyl sites for hydroxylation is 1. The molecule has 2 aromatic heterocycles. The lowest BCUT2D eigenvalue weighted by Crippen LogP contribution is -2.30. The minimum Gasteiger partial charge on any atom is -0.324 e. The van der Waals surface area contributed by atoms with Crippen molar-refractivity contribution in [2.45, 2.75) is 39.7 Å². The fourth-order valence-corrected chi connectivity index (χ4v) is 2.94. The molecule has 0 saturated carbocycles. The van der Waals surface area contributed by atoms with Gasteiger partial charge in [-0.2, -0.15) is 5.10 Å². The van der Waals surface area contributed by atoms with Crippen LogP contribution in [0.4, 0.5) is 0 Å². The van der Waals surface area contributed by atoms with Crippen LogP contribution in [0.3, 0.4) is 0 Å². The van der Waals surface area contributed by atoms with Gasteiger partial charge in [-0.15, -0.1) is 0 Å². The fourth-order valence-electron chi connectivity index (χ4n) is 2.94. The average molecular weight is 256 g/mol. The smallest absolute Gasteiger partial charge is 0.153 e. The van der Waals surface area contributed by atoms with Crippen molar-refractivity contribution in [3.05, 3.63) is 41.3 Å². The van der Waals surface area contributed by atoms with E-state index in [1.807, 2.05) is 23.1 Å². The Hall–Kier alpha value is -1.68. The summed E-state index contributed by atoms with van der Waals surface area (Å²) < 4.78 is 1.95. The monoisotopic (exact) mass is 256 g/mol. The number of nitrogens with two attached hydrogens (primary N) is 1. The van der Waals surface area contributed by atoms with Crippen molar-refractivity contribution >= 4 is 0 Å². The molecule has 2 aromatic rings. The van der Waals surface area contributed by atoms with E-state index >= 15 is 0 Å². The van der Waals surface area contributed by atoms with Gasteiger partial charge in [0.1, 0.15) is 0 Å². The van der Waals surface area contributed by atoms with Gasteiger partial charge in [-0.25, -0.2) is 9.67 Å². The highest BCUT2D eigenvalue weighted by atomic mass is 15.3. The van der Waals surface area contributed by atoms with Gasteiger partial charge >= 0.3 is 0 Å². The van der Waals surface area contributed by atoms with Gasteiger partial charge in [-0.05, 0) is 42.9 Å². The van der Waals surface area contributed by atoms with E-state index in [1.165, 1.54) is 16.8 Å². The molecule has 100 valence electrons. The first-order valence-corrected chi connectivity index (χ1v) is 6.72. The van der Waals surface area contributed by atoms with Gasteiger partial charge in [0.15, 0.2) is 5.82 Å². The maximum absolute atomic E-state index is 6.27. The van der Waals surface area contributed by atoms with Gasteiger partial charge in [-0.1, -0.05) is 13.8 Å². The zero-order valence-electron chi connectivity index (χ0n) is 11.7. The summed E-state index contributed by atoms with van der Waals surface area (Å²) in [6.07, 6.45) is 5.73. The largest absolute Gasteiger partial charge is 0.324 e. The molecule has 0 aromatic carbocycles. The van der Waals surface area contributed by atoms with Gasteiger partial charge in [0.25, 0.3) is 0 Å². The molecule has 2 N–H and O–H groups in total. The van der Waals surface area contributed by atoms with Gasteiger partial charge in [0.2, 0.25) is 0 Å². The van der Waals surface area contributed by atoms with Crippen LogP contribution in [-0.4, -0.2) is 14.8 Å². The predicted molar refractivity (Wildman–Crippen MR) is 75.1 cm³/mol. The number of rotatable bonds is 1. The third-order valence-corrected chi connectivity index (χ3v) is 3.84. The van der Waals surface area contributed by atoms with E-state index in [4.69, 9.17) is 5.73 Å². The summed E-state index contributed by atoms with van der Waals surface area (Å²) in [4.78, 5) is 4.42. The molecular formula is C15H20N4. The van der Waals surface area contributed by atoms with E-state index in [2.05, 4.69) is 36.9 Å². The molecule has 4 heteroatoms. The second kappa shape index (κ2) is 4.17. The molecule has 0 amide bonds. The Bertz CT molecular complexity index is 612. The number of hydrogen-bond acceptors (Lipinski definition) is 3. The van der Waals surface area contributed by atoms with Crippen LogP contribution >= 0.6 is 0 Å². The summed E-state index contributed by atoms with van der Waals surface area (Å²) in [7, 11) is 0. The van der Waals surface area contributed by atoms with Crippen molar-refractivity contribution in [1.82, 2.24) is 14.8 Å². The van der Waals surface area contributed by atoms with E-state index in [0.717, 1.165) is 18.7 Å². The molecule has 1 aliphatic carbocycles. The van der Waals surface area contributed by atoms with Crippen molar-refractivity contribution < 1.29 is 0 Å². The molecule has 0 spiro atoms. The standard InChI is InChI=1S/C15H20N4/c1-10-4-5-17-14(6-10)19-13-8-15(2,3)7-12(16)11(13)9-18-19/h4-6,9,12H,7-8,16H2,1-3H3. The van der Waals surface area contributed by atoms with Gasteiger partial charge < -0.3 is 5.73 Å². The lowest BCUT2D eigenvalue weighted by Gasteiger charge is -2.33. The predicted octanol–water partition coefficient (Wildman–Crippen LogP) is 2.55. The summed E-state index contributed by atoms with van der Waals surface area (Å²) in [6, 6.07) is 4.13. The van der Waals surface area contributed by atoms with E-state index in [1.54, 1.807) is 0 Å². The summed E-state index contributed by atoms with van der Waals surface area (Å²) in [5.41, 5.74) is 10.1. The van der Waals surface area contributed by atoms with Crippen molar-refractivity contribution in [1.29, 1.82) is 0 Å². The molecule has 1 atom stereocenters. The van der Waals surface area contributed by atoms with Crippen molar-refractivity contribution in [3.8, 4) is 5.82 Å². The van der Waals surface area contributed by atoms with E-state index in [0.29, 0.717) is 0 Å². The van der Waals surface area contributed by atoms with Crippen LogP contribution in [0, 0.1) is 12.3 Å². The van der Waals surface area contributed by atoms with Crippen LogP contribution in [0.2, 0.25) is 0 Å². The van der Waals surface area contributed by atoms with Gasteiger partial charge in [-0.3, -0.25) is 0 Å².